The average Bonchev–Trinajstić information content (AvgIpc) is 2.89. The number of nitrogens with one attached hydrogen (secondary N) is 1. The van der Waals surface area contributed by atoms with E-state index in [1.165, 1.54) is 11.3 Å². The van der Waals surface area contributed by atoms with E-state index < -0.39 is 28.2 Å². The van der Waals surface area contributed by atoms with Crippen molar-refractivity contribution in [2.45, 2.75) is 43.9 Å². The van der Waals surface area contributed by atoms with E-state index in [0.29, 0.717) is 22.9 Å². The number of ether oxygens (including phenoxy) is 1. The molecule has 3 rings (SSSR count). The standard InChI is InChI=1S/C17H18Cl2N2O3S/c1-9-3-4-10-11(6-20)14(25-12(10)5-9)21-13(22)7-24-15(23)16(2)8-17(16,18)19/h9H,3-5,7-8H2,1-2H3,(H,21,22)/t9-,16-/m1/s1. The molecule has 5 nitrogen and oxygen atoms in total. The fourth-order valence-corrected chi connectivity index (χ4v) is 5.10. The predicted molar refractivity (Wildman–Crippen MR) is 97.0 cm³/mol. The third-order valence-corrected chi connectivity index (χ3v) is 7.19. The summed E-state index contributed by atoms with van der Waals surface area (Å²) in [5.74, 6) is -0.490. The molecule has 0 unspecified atom stereocenters. The molecule has 1 aromatic rings. The summed E-state index contributed by atoms with van der Waals surface area (Å²) in [5, 5.41) is 12.7. The third-order valence-electron chi connectivity index (χ3n) is 4.92. The summed E-state index contributed by atoms with van der Waals surface area (Å²) in [6.45, 7) is 3.36. The van der Waals surface area contributed by atoms with Crippen LogP contribution in [0.25, 0.3) is 0 Å². The molecule has 25 heavy (non-hydrogen) atoms. The van der Waals surface area contributed by atoms with Gasteiger partial charge in [-0.25, -0.2) is 0 Å². The summed E-state index contributed by atoms with van der Waals surface area (Å²) < 4.78 is 3.91. The van der Waals surface area contributed by atoms with Crippen LogP contribution in [-0.4, -0.2) is 22.8 Å². The normalized spacial score (nSPS) is 26.3. The van der Waals surface area contributed by atoms with Crippen molar-refractivity contribution >= 4 is 51.4 Å². The smallest absolute Gasteiger partial charge is 0.315 e. The Morgan fingerprint density at radius 3 is 2.76 bits per heavy atom. The maximum Gasteiger partial charge on any atom is 0.315 e. The first-order chi connectivity index (χ1) is 11.7. The Morgan fingerprint density at radius 2 is 2.16 bits per heavy atom. The summed E-state index contributed by atoms with van der Waals surface area (Å²) in [6, 6.07) is 2.19. The molecule has 0 aromatic carbocycles. The van der Waals surface area contributed by atoms with Gasteiger partial charge in [0.2, 0.25) is 0 Å². The number of alkyl halides is 2. The molecular weight excluding hydrogens is 383 g/mol. The van der Waals surface area contributed by atoms with Gasteiger partial charge in [0, 0.05) is 11.3 Å². The second-order valence-corrected chi connectivity index (χ2v) is 9.59. The Balaban J connectivity index is 1.62. The van der Waals surface area contributed by atoms with Crippen molar-refractivity contribution in [2.24, 2.45) is 11.3 Å². The van der Waals surface area contributed by atoms with Gasteiger partial charge in [0.1, 0.15) is 20.8 Å². The number of amides is 1. The lowest BCUT2D eigenvalue weighted by molar-refractivity contribution is -0.152. The van der Waals surface area contributed by atoms with E-state index in [0.717, 1.165) is 29.7 Å². The minimum Gasteiger partial charge on any atom is -0.455 e. The van der Waals surface area contributed by atoms with Crippen LogP contribution < -0.4 is 5.32 Å². The molecule has 134 valence electrons. The molecule has 1 heterocycles. The number of hydrogen-bond donors (Lipinski definition) is 1. The molecule has 2 atom stereocenters. The summed E-state index contributed by atoms with van der Waals surface area (Å²) in [4.78, 5) is 25.3. The van der Waals surface area contributed by atoms with Gasteiger partial charge in [-0.15, -0.1) is 34.5 Å². The van der Waals surface area contributed by atoms with Crippen molar-refractivity contribution in [3.05, 3.63) is 16.0 Å². The molecule has 0 aliphatic heterocycles. The maximum atomic E-state index is 12.1. The van der Waals surface area contributed by atoms with Crippen LogP contribution in [0, 0.1) is 22.7 Å². The zero-order chi connectivity index (χ0) is 18.4. The summed E-state index contributed by atoms with van der Waals surface area (Å²) in [5.41, 5.74) is 0.602. The predicted octanol–water partition coefficient (Wildman–Crippen LogP) is 3.81. The van der Waals surface area contributed by atoms with E-state index in [2.05, 4.69) is 18.3 Å². The first-order valence-corrected chi connectivity index (χ1v) is 9.64. The topological polar surface area (TPSA) is 79.2 Å². The van der Waals surface area contributed by atoms with Gasteiger partial charge in [-0.05, 0) is 37.7 Å². The first kappa shape index (κ1) is 18.5. The first-order valence-electron chi connectivity index (χ1n) is 8.07. The number of carbonyl (C=O) groups is 2. The second kappa shape index (κ2) is 6.46. The zero-order valence-corrected chi connectivity index (χ0v) is 16.3. The van der Waals surface area contributed by atoms with Gasteiger partial charge in [0.15, 0.2) is 6.61 Å². The molecule has 0 saturated heterocycles. The quantitative estimate of drug-likeness (QED) is 0.615. The van der Waals surface area contributed by atoms with Gasteiger partial charge in [-0.2, -0.15) is 5.26 Å². The zero-order valence-electron chi connectivity index (χ0n) is 13.9. The number of hydrogen-bond acceptors (Lipinski definition) is 5. The summed E-state index contributed by atoms with van der Waals surface area (Å²) in [6.07, 6.45) is 3.12. The van der Waals surface area contributed by atoms with Gasteiger partial charge >= 0.3 is 5.97 Å². The Hall–Kier alpha value is -1.29. The van der Waals surface area contributed by atoms with Crippen LogP contribution in [0.1, 0.15) is 42.7 Å². The van der Waals surface area contributed by atoms with Crippen LogP contribution in [0.2, 0.25) is 0 Å². The van der Waals surface area contributed by atoms with Crippen molar-refractivity contribution in [2.75, 3.05) is 11.9 Å². The van der Waals surface area contributed by atoms with Crippen molar-refractivity contribution < 1.29 is 14.3 Å². The minimum atomic E-state index is -1.13. The van der Waals surface area contributed by atoms with Crippen molar-refractivity contribution in [3.63, 3.8) is 0 Å². The molecule has 0 bridgehead atoms. The highest BCUT2D eigenvalue weighted by atomic mass is 35.5. The number of thiophene rings is 1. The third kappa shape index (κ3) is 3.38. The fraction of sp³-hybridized carbons (Fsp3) is 0.588. The molecule has 0 spiro atoms. The number of esters is 1. The Morgan fingerprint density at radius 1 is 1.48 bits per heavy atom. The van der Waals surface area contributed by atoms with Gasteiger partial charge in [-0.3, -0.25) is 9.59 Å². The van der Waals surface area contributed by atoms with Gasteiger partial charge in [0.25, 0.3) is 5.91 Å². The Labute approximate surface area is 160 Å². The SMILES string of the molecule is C[C@@H]1CCc2c(sc(NC(=O)COC(=O)[C@@]3(C)CC3(Cl)Cl)c2C#N)C1. The van der Waals surface area contributed by atoms with E-state index >= 15 is 0 Å². The minimum absolute atomic E-state index is 0.304. The van der Waals surface area contributed by atoms with Gasteiger partial charge in [-0.1, -0.05) is 6.92 Å². The van der Waals surface area contributed by atoms with E-state index in [-0.39, 0.29) is 0 Å². The monoisotopic (exact) mass is 400 g/mol. The fourth-order valence-electron chi connectivity index (χ4n) is 3.03. The number of nitriles is 1. The van der Waals surface area contributed by atoms with Crippen LogP contribution in [0.3, 0.4) is 0 Å². The highest BCUT2D eigenvalue weighted by Crippen LogP contribution is 2.64. The number of fused-ring (bicyclic) bond motifs is 1. The lowest BCUT2D eigenvalue weighted by Crippen LogP contribution is -2.26. The molecule has 2 aliphatic carbocycles. The van der Waals surface area contributed by atoms with E-state index in [4.69, 9.17) is 27.9 Å². The van der Waals surface area contributed by atoms with Crippen molar-refractivity contribution in [1.82, 2.24) is 0 Å². The Kier molecular flexibility index (Phi) is 4.78. The van der Waals surface area contributed by atoms with Crippen LogP contribution in [0.15, 0.2) is 0 Å². The number of halogens is 2. The largest absolute Gasteiger partial charge is 0.455 e. The highest BCUT2D eigenvalue weighted by Gasteiger charge is 2.69. The number of anilines is 1. The molecule has 0 radical (unpaired) electrons. The van der Waals surface area contributed by atoms with E-state index in [9.17, 15) is 14.9 Å². The molecule has 2 aliphatic rings. The molecule has 1 fully saturated rings. The van der Waals surface area contributed by atoms with Gasteiger partial charge in [0.05, 0.1) is 5.56 Å². The highest BCUT2D eigenvalue weighted by molar-refractivity contribution is 7.16. The lowest BCUT2D eigenvalue weighted by atomic mass is 9.89. The molecule has 1 N–H and O–H groups in total. The van der Waals surface area contributed by atoms with Crippen molar-refractivity contribution in [3.8, 4) is 6.07 Å². The summed E-state index contributed by atoms with van der Waals surface area (Å²) >= 11 is 13.3. The molecule has 8 heteroatoms. The average molecular weight is 401 g/mol. The van der Waals surface area contributed by atoms with Crippen LogP contribution in [0.5, 0.6) is 0 Å². The van der Waals surface area contributed by atoms with Crippen molar-refractivity contribution in [1.29, 1.82) is 5.26 Å². The van der Waals surface area contributed by atoms with E-state index in [1.54, 1.807) is 6.92 Å². The molecule has 1 amide bonds. The van der Waals surface area contributed by atoms with Crippen LogP contribution >= 0.6 is 34.5 Å². The number of nitrogens with zero attached hydrogens (tertiary/aromatic N) is 1. The molecule has 1 saturated carbocycles. The van der Waals surface area contributed by atoms with Gasteiger partial charge < -0.3 is 10.1 Å². The lowest BCUT2D eigenvalue weighted by Gasteiger charge is -2.17. The maximum absolute atomic E-state index is 12.1. The number of rotatable bonds is 4. The molecular formula is C17H18Cl2N2O3S. The van der Waals surface area contributed by atoms with E-state index in [1.807, 2.05) is 0 Å². The summed E-state index contributed by atoms with van der Waals surface area (Å²) in [7, 11) is 0. The second-order valence-electron chi connectivity index (χ2n) is 7.01. The van der Waals surface area contributed by atoms with Crippen LogP contribution in [0.4, 0.5) is 5.00 Å². The Bertz CT molecular complexity index is 784. The molecule has 1 aromatic heterocycles. The number of carbonyl (C=O) groups excluding carboxylic acids is 2. The van der Waals surface area contributed by atoms with Crippen LogP contribution in [-0.2, 0) is 27.2 Å².